The number of hydrogen-bond acceptors (Lipinski definition) is 3. The molecular formula is C9H15IO3. The fraction of sp³-hybridized carbons (Fsp3) is 0.889. The van der Waals surface area contributed by atoms with E-state index < -0.39 is 5.41 Å². The topological polar surface area (TPSA) is 35.5 Å². The van der Waals surface area contributed by atoms with E-state index in [4.69, 9.17) is 9.47 Å². The lowest BCUT2D eigenvalue weighted by atomic mass is 9.97. The third-order valence-corrected chi connectivity index (χ3v) is 3.92. The molecule has 13 heavy (non-hydrogen) atoms. The van der Waals surface area contributed by atoms with Crippen molar-refractivity contribution >= 4 is 28.6 Å². The van der Waals surface area contributed by atoms with Crippen molar-refractivity contribution in [1.82, 2.24) is 0 Å². The van der Waals surface area contributed by atoms with E-state index in [1.807, 2.05) is 13.8 Å². The van der Waals surface area contributed by atoms with E-state index in [1.165, 1.54) is 0 Å². The number of rotatable bonds is 3. The predicted molar refractivity (Wildman–Crippen MR) is 57.7 cm³/mol. The number of carbonyl (C=O) groups excluding carboxylic acids is 1. The minimum Gasteiger partial charge on any atom is -0.435 e. The summed E-state index contributed by atoms with van der Waals surface area (Å²) in [5.41, 5.74) is -0.396. The molecule has 0 aromatic rings. The Hall–Kier alpha value is 0.160. The summed E-state index contributed by atoms with van der Waals surface area (Å²) in [4.78, 5) is 11.5. The van der Waals surface area contributed by atoms with Crippen molar-refractivity contribution in [3.05, 3.63) is 0 Å². The monoisotopic (exact) mass is 298 g/mol. The van der Waals surface area contributed by atoms with Gasteiger partial charge in [0.05, 0.1) is 12.0 Å². The van der Waals surface area contributed by atoms with Crippen molar-refractivity contribution in [2.24, 2.45) is 5.41 Å². The second-order valence-corrected chi connectivity index (χ2v) is 4.63. The lowest BCUT2D eigenvalue weighted by Gasteiger charge is -2.21. The van der Waals surface area contributed by atoms with Crippen LogP contribution in [-0.2, 0) is 14.3 Å². The first-order valence-corrected chi connectivity index (χ1v) is 5.97. The number of ether oxygens (including phenoxy) is 2. The minimum atomic E-state index is -0.396. The first kappa shape index (κ1) is 11.2. The Balaban J connectivity index is 2.39. The third kappa shape index (κ3) is 3.09. The highest BCUT2D eigenvalue weighted by Gasteiger charge is 2.31. The van der Waals surface area contributed by atoms with Crippen LogP contribution in [0.3, 0.4) is 0 Å². The molecule has 1 fully saturated rings. The summed E-state index contributed by atoms with van der Waals surface area (Å²) in [5, 5.41) is 0. The fourth-order valence-corrected chi connectivity index (χ4v) is 1.29. The highest BCUT2D eigenvalue weighted by Crippen LogP contribution is 2.23. The molecule has 0 aromatic heterocycles. The van der Waals surface area contributed by atoms with Gasteiger partial charge in [-0.05, 0) is 20.3 Å². The van der Waals surface area contributed by atoms with Crippen LogP contribution in [0, 0.1) is 5.41 Å². The van der Waals surface area contributed by atoms with Gasteiger partial charge in [0.15, 0.2) is 0 Å². The Morgan fingerprint density at radius 1 is 1.69 bits per heavy atom. The van der Waals surface area contributed by atoms with Gasteiger partial charge < -0.3 is 9.47 Å². The number of hydrogen-bond donors (Lipinski definition) is 0. The molecule has 0 spiro atoms. The zero-order valence-electron chi connectivity index (χ0n) is 8.01. The molecule has 76 valence electrons. The molecule has 0 saturated carbocycles. The van der Waals surface area contributed by atoms with E-state index >= 15 is 0 Å². The number of esters is 1. The van der Waals surface area contributed by atoms with Crippen LogP contribution in [0.2, 0.25) is 0 Å². The van der Waals surface area contributed by atoms with Gasteiger partial charge in [-0.2, -0.15) is 0 Å². The fourth-order valence-electron chi connectivity index (χ4n) is 0.975. The molecule has 1 aliphatic rings. The molecule has 1 heterocycles. The van der Waals surface area contributed by atoms with E-state index in [9.17, 15) is 4.79 Å². The Labute approximate surface area is 92.3 Å². The normalized spacial score (nSPS) is 23.2. The van der Waals surface area contributed by atoms with Gasteiger partial charge in [-0.3, -0.25) is 4.79 Å². The number of alkyl halides is 1. The molecule has 1 saturated heterocycles. The summed E-state index contributed by atoms with van der Waals surface area (Å²) in [7, 11) is 0. The minimum absolute atomic E-state index is 0.159. The lowest BCUT2D eigenvalue weighted by Crippen LogP contribution is -2.31. The van der Waals surface area contributed by atoms with Gasteiger partial charge in [-0.15, -0.1) is 0 Å². The molecular weight excluding hydrogens is 283 g/mol. The first-order valence-electron chi connectivity index (χ1n) is 4.45. The average molecular weight is 298 g/mol. The van der Waals surface area contributed by atoms with E-state index in [-0.39, 0.29) is 12.3 Å². The van der Waals surface area contributed by atoms with Crippen LogP contribution in [-0.4, -0.2) is 23.3 Å². The van der Waals surface area contributed by atoms with Crippen LogP contribution in [0.4, 0.5) is 0 Å². The zero-order valence-corrected chi connectivity index (χ0v) is 10.2. The number of carbonyl (C=O) groups is 1. The molecule has 0 aromatic carbocycles. The molecule has 3 nitrogen and oxygen atoms in total. The summed E-state index contributed by atoms with van der Waals surface area (Å²) in [5.74, 6) is -0.159. The Morgan fingerprint density at radius 3 is 2.85 bits per heavy atom. The predicted octanol–water partition coefficient (Wildman–Crippen LogP) is 2.13. The largest absolute Gasteiger partial charge is 0.435 e. The molecule has 0 radical (unpaired) electrons. The van der Waals surface area contributed by atoms with Crippen LogP contribution in [0.25, 0.3) is 0 Å². The maximum atomic E-state index is 11.5. The molecule has 1 atom stereocenters. The standard InChI is InChI=1S/C9H15IO3/c1-9(2,6-10)8(11)13-7-4-3-5-12-7/h7H,3-6H2,1-2H3. The van der Waals surface area contributed by atoms with Crippen LogP contribution >= 0.6 is 22.6 Å². The van der Waals surface area contributed by atoms with E-state index in [2.05, 4.69) is 22.6 Å². The Morgan fingerprint density at radius 2 is 2.38 bits per heavy atom. The van der Waals surface area contributed by atoms with Crippen LogP contribution < -0.4 is 0 Å². The smallest absolute Gasteiger partial charge is 0.314 e. The molecule has 1 aliphatic heterocycles. The van der Waals surface area contributed by atoms with E-state index in [0.717, 1.165) is 17.3 Å². The summed E-state index contributed by atoms with van der Waals surface area (Å²) >= 11 is 2.19. The van der Waals surface area contributed by atoms with E-state index in [1.54, 1.807) is 0 Å². The molecule has 1 rings (SSSR count). The van der Waals surface area contributed by atoms with Gasteiger partial charge in [-0.25, -0.2) is 0 Å². The molecule has 4 heteroatoms. The van der Waals surface area contributed by atoms with Crippen molar-refractivity contribution < 1.29 is 14.3 Å². The molecule has 1 unspecified atom stereocenters. The van der Waals surface area contributed by atoms with Gasteiger partial charge in [0, 0.05) is 10.8 Å². The van der Waals surface area contributed by atoms with Crippen LogP contribution in [0.5, 0.6) is 0 Å². The van der Waals surface area contributed by atoms with Crippen LogP contribution in [0.1, 0.15) is 26.7 Å². The zero-order chi connectivity index (χ0) is 9.90. The highest BCUT2D eigenvalue weighted by atomic mass is 127. The Bertz CT molecular complexity index is 185. The van der Waals surface area contributed by atoms with Crippen LogP contribution in [0.15, 0.2) is 0 Å². The molecule has 0 N–H and O–H groups in total. The highest BCUT2D eigenvalue weighted by molar-refractivity contribution is 14.1. The second-order valence-electron chi connectivity index (χ2n) is 3.87. The van der Waals surface area contributed by atoms with Crippen molar-refractivity contribution in [3.8, 4) is 0 Å². The molecule has 0 amide bonds. The quantitative estimate of drug-likeness (QED) is 0.455. The SMILES string of the molecule is CC(C)(CI)C(=O)OC1CCCO1. The number of halogens is 1. The average Bonchev–Trinajstić information content (AvgIpc) is 2.57. The van der Waals surface area contributed by atoms with Gasteiger partial charge in [0.2, 0.25) is 6.29 Å². The summed E-state index contributed by atoms with van der Waals surface area (Å²) in [6.45, 7) is 4.48. The molecule has 0 aliphatic carbocycles. The summed E-state index contributed by atoms with van der Waals surface area (Å²) in [6, 6.07) is 0. The second kappa shape index (κ2) is 4.59. The Kier molecular flexibility index (Phi) is 3.97. The summed E-state index contributed by atoms with van der Waals surface area (Å²) in [6.07, 6.45) is 1.53. The van der Waals surface area contributed by atoms with Crippen molar-refractivity contribution in [3.63, 3.8) is 0 Å². The first-order chi connectivity index (χ1) is 6.06. The van der Waals surface area contributed by atoms with Crippen molar-refractivity contribution in [1.29, 1.82) is 0 Å². The third-order valence-electron chi connectivity index (χ3n) is 2.01. The lowest BCUT2D eigenvalue weighted by molar-refractivity contribution is -0.178. The maximum absolute atomic E-state index is 11.5. The molecule has 0 bridgehead atoms. The van der Waals surface area contributed by atoms with Crippen molar-refractivity contribution in [2.75, 3.05) is 11.0 Å². The van der Waals surface area contributed by atoms with Gasteiger partial charge >= 0.3 is 5.97 Å². The van der Waals surface area contributed by atoms with E-state index in [0.29, 0.717) is 6.61 Å². The van der Waals surface area contributed by atoms with Gasteiger partial charge in [0.25, 0.3) is 0 Å². The van der Waals surface area contributed by atoms with Gasteiger partial charge in [-0.1, -0.05) is 22.6 Å². The summed E-state index contributed by atoms with van der Waals surface area (Å²) < 4.78 is 11.2. The van der Waals surface area contributed by atoms with Gasteiger partial charge in [0.1, 0.15) is 0 Å². The maximum Gasteiger partial charge on any atom is 0.314 e. The van der Waals surface area contributed by atoms with Crippen molar-refractivity contribution in [2.45, 2.75) is 33.0 Å².